The molecule has 0 aromatic heterocycles. The van der Waals surface area contributed by atoms with Crippen molar-refractivity contribution in [3.05, 3.63) is 24.3 Å². The summed E-state index contributed by atoms with van der Waals surface area (Å²) in [5.74, 6) is 1.39. The average molecular weight is 337 g/mol. The van der Waals surface area contributed by atoms with E-state index in [2.05, 4.69) is 4.72 Å². The Hall–Kier alpha value is -0.570. The largest absolute Gasteiger partial charge is 0.399 e. The number of anilines is 1. The lowest BCUT2D eigenvalue weighted by atomic mass is 10.3. The number of nitrogen functional groups attached to an aromatic ring is 1. The first-order valence-corrected chi connectivity index (χ1v) is 10.4. The Morgan fingerprint density at radius 2 is 2.15 bits per heavy atom. The number of nitrogens with two attached hydrogens (primary N) is 1. The zero-order chi connectivity index (χ0) is 15.0. The monoisotopic (exact) mass is 336 g/mol. The highest BCUT2D eigenvalue weighted by molar-refractivity contribution is 8.00. The van der Waals surface area contributed by atoms with Crippen LogP contribution in [0.1, 0.15) is 6.92 Å². The van der Waals surface area contributed by atoms with Crippen molar-refractivity contribution in [1.29, 1.82) is 0 Å². The Kier molecular flexibility index (Phi) is 7.57. The van der Waals surface area contributed by atoms with Crippen molar-refractivity contribution >= 4 is 38.3 Å². The first kappa shape index (κ1) is 17.5. The van der Waals surface area contributed by atoms with Crippen molar-refractivity contribution < 1.29 is 12.6 Å². The maximum Gasteiger partial charge on any atom is 0.212 e. The quantitative estimate of drug-likeness (QED) is 0.520. The van der Waals surface area contributed by atoms with E-state index in [4.69, 9.17) is 5.73 Å². The van der Waals surface area contributed by atoms with Gasteiger partial charge in [-0.3, -0.25) is 4.21 Å². The Balaban J connectivity index is 2.31. The lowest BCUT2D eigenvalue weighted by molar-refractivity contribution is 0.585. The number of benzene rings is 1. The molecule has 8 heteroatoms. The van der Waals surface area contributed by atoms with E-state index in [1.165, 1.54) is 11.8 Å². The number of hydrogen-bond donors (Lipinski definition) is 2. The second kappa shape index (κ2) is 8.66. The fourth-order valence-electron chi connectivity index (χ4n) is 1.40. The van der Waals surface area contributed by atoms with Gasteiger partial charge in [-0.2, -0.15) is 0 Å². The number of hydrogen-bond acceptors (Lipinski definition) is 5. The summed E-state index contributed by atoms with van der Waals surface area (Å²) < 4.78 is 37.1. The molecule has 0 saturated carbocycles. The van der Waals surface area contributed by atoms with Crippen LogP contribution in [0.25, 0.3) is 0 Å². The molecule has 0 heterocycles. The summed E-state index contributed by atoms with van der Waals surface area (Å²) in [7, 11) is -4.25. The number of rotatable bonds is 9. The molecular formula is C12H20N2O3S3. The molecule has 1 aromatic rings. The number of nitrogens with one attached hydrogen (secondary N) is 1. The van der Waals surface area contributed by atoms with Gasteiger partial charge in [-0.1, -0.05) is 13.0 Å². The molecular weight excluding hydrogens is 316 g/mol. The van der Waals surface area contributed by atoms with Crippen LogP contribution < -0.4 is 10.5 Å². The van der Waals surface area contributed by atoms with Gasteiger partial charge in [-0.05, 0) is 18.2 Å². The van der Waals surface area contributed by atoms with E-state index in [1.54, 1.807) is 6.07 Å². The fraction of sp³-hybridized carbons (Fsp3) is 0.500. The third-order valence-electron chi connectivity index (χ3n) is 2.45. The smallest absolute Gasteiger partial charge is 0.212 e. The molecule has 20 heavy (non-hydrogen) atoms. The lowest BCUT2D eigenvalue weighted by Crippen LogP contribution is -2.30. The maximum absolute atomic E-state index is 11.7. The molecule has 5 nitrogen and oxygen atoms in total. The van der Waals surface area contributed by atoms with Crippen LogP contribution in [-0.4, -0.2) is 42.2 Å². The molecule has 114 valence electrons. The highest BCUT2D eigenvalue weighted by Crippen LogP contribution is 2.20. The van der Waals surface area contributed by atoms with Crippen LogP contribution in [0.2, 0.25) is 0 Å². The van der Waals surface area contributed by atoms with E-state index < -0.39 is 20.8 Å². The lowest BCUT2D eigenvalue weighted by Gasteiger charge is -2.06. The summed E-state index contributed by atoms with van der Waals surface area (Å²) in [4.78, 5) is 0.951. The summed E-state index contributed by atoms with van der Waals surface area (Å²) >= 11 is 1.45. The van der Waals surface area contributed by atoms with Crippen LogP contribution in [0.15, 0.2) is 29.2 Å². The van der Waals surface area contributed by atoms with Crippen LogP contribution >= 0.6 is 11.8 Å². The van der Waals surface area contributed by atoms with Gasteiger partial charge in [-0.25, -0.2) is 13.1 Å². The van der Waals surface area contributed by atoms with Crippen molar-refractivity contribution in [2.24, 2.45) is 0 Å². The Morgan fingerprint density at radius 3 is 2.80 bits per heavy atom. The van der Waals surface area contributed by atoms with Crippen molar-refractivity contribution in [2.75, 3.05) is 35.3 Å². The summed E-state index contributed by atoms with van der Waals surface area (Å²) in [6, 6.07) is 7.33. The van der Waals surface area contributed by atoms with Crippen LogP contribution in [0.4, 0.5) is 5.69 Å². The van der Waals surface area contributed by atoms with Crippen LogP contribution in [0.5, 0.6) is 0 Å². The number of sulfonamides is 1. The maximum atomic E-state index is 11.7. The average Bonchev–Trinajstić information content (AvgIpc) is 2.38. The predicted molar refractivity (Wildman–Crippen MR) is 86.9 cm³/mol. The van der Waals surface area contributed by atoms with E-state index in [0.29, 0.717) is 22.9 Å². The molecule has 0 amide bonds. The first-order valence-electron chi connectivity index (χ1n) is 6.23. The minimum absolute atomic E-state index is 0.0330. The fourth-order valence-corrected chi connectivity index (χ4v) is 4.55. The molecule has 0 fully saturated rings. The topological polar surface area (TPSA) is 89.3 Å². The Bertz CT molecular complexity index is 547. The van der Waals surface area contributed by atoms with Gasteiger partial charge in [0.15, 0.2) is 0 Å². The Morgan fingerprint density at radius 1 is 1.40 bits per heavy atom. The van der Waals surface area contributed by atoms with Crippen LogP contribution in [0, 0.1) is 0 Å². The zero-order valence-corrected chi connectivity index (χ0v) is 13.8. The van der Waals surface area contributed by atoms with E-state index in [0.717, 1.165) is 4.90 Å². The number of thioether (sulfide) groups is 1. The third kappa shape index (κ3) is 7.28. The van der Waals surface area contributed by atoms with Gasteiger partial charge in [-0.15, -0.1) is 11.8 Å². The van der Waals surface area contributed by atoms with E-state index in [1.807, 2.05) is 25.1 Å². The van der Waals surface area contributed by atoms with Gasteiger partial charge in [0.25, 0.3) is 0 Å². The summed E-state index contributed by atoms with van der Waals surface area (Å²) in [6.07, 6.45) is 0. The first-order chi connectivity index (χ1) is 9.43. The molecule has 1 unspecified atom stereocenters. The highest BCUT2D eigenvalue weighted by Gasteiger charge is 2.10. The van der Waals surface area contributed by atoms with Gasteiger partial charge in [0.1, 0.15) is 0 Å². The second-order valence-corrected chi connectivity index (χ2v) is 9.03. The molecule has 1 atom stereocenters. The molecule has 0 bridgehead atoms. The molecule has 0 aliphatic heterocycles. The van der Waals surface area contributed by atoms with Gasteiger partial charge < -0.3 is 5.73 Å². The van der Waals surface area contributed by atoms with Crippen molar-refractivity contribution in [3.63, 3.8) is 0 Å². The van der Waals surface area contributed by atoms with Crippen molar-refractivity contribution in [1.82, 2.24) is 4.72 Å². The van der Waals surface area contributed by atoms with Crippen molar-refractivity contribution in [3.8, 4) is 0 Å². The van der Waals surface area contributed by atoms with Crippen LogP contribution in [-0.2, 0) is 20.8 Å². The second-order valence-electron chi connectivity index (χ2n) is 4.07. The summed E-state index contributed by atoms with van der Waals surface area (Å²) in [6.45, 7) is 2.04. The minimum Gasteiger partial charge on any atom is -0.399 e. The standard InChI is InChI=1S/C12H20N2O3S3/c1-2-19(15)8-6-14-20(16,17)9-7-18-12-5-3-4-11(13)10-12/h3-5,10,14H,2,6-9,13H2,1H3. The summed E-state index contributed by atoms with van der Waals surface area (Å²) in [5, 5.41) is 0. The van der Waals surface area contributed by atoms with Gasteiger partial charge >= 0.3 is 0 Å². The molecule has 1 rings (SSSR count). The van der Waals surface area contributed by atoms with E-state index >= 15 is 0 Å². The van der Waals surface area contributed by atoms with Crippen LogP contribution in [0.3, 0.4) is 0 Å². The molecule has 0 aliphatic rings. The Labute approximate surface area is 127 Å². The predicted octanol–water partition coefficient (Wildman–Crippen LogP) is 1.05. The van der Waals surface area contributed by atoms with Gasteiger partial charge in [0.2, 0.25) is 10.0 Å². The summed E-state index contributed by atoms with van der Waals surface area (Å²) in [5.41, 5.74) is 6.32. The van der Waals surface area contributed by atoms with E-state index in [9.17, 15) is 12.6 Å². The molecule has 0 radical (unpaired) electrons. The van der Waals surface area contributed by atoms with Gasteiger partial charge in [0.05, 0.1) is 5.75 Å². The molecule has 0 aliphatic carbocycles. The normalized spacial score (nSPS) is 13.2. The highest BCUT2D eigenvalue weighted by atomic mass is 32.2. The van der Waals surface area contributed by atoms with Gasteiger partial charge in [0, 0.05) is 45.2 Å². The third-order valence-corrected chi connectivity index (χ3v) is 6.40. The SMILES string of the molecule is CCS(=O)CCNS(=O)(=O)CCSc1cccc(N)c1. The van der Waals surface area contributed by atoms with Crippen molar-refractivity contribution in [2.45, 2.75) is 11.8 Å². The molecule has 0 saturated heterocycles. The minimum atomic E-state index is -3.30. The molecule has 1 aromatic carbocycles. The molecule has 3 N–H and O–H groups in total. The zero-order valence-electron chi connectivity index (χ0n) is 11.4. The van der Waals surface area contributed by atoms with E-state index in [-0.39, 0.29) is 12.3 Å². The molecule has 0 spiro atoms.